The number of hydrogen-bond donors (Lipinski definition) is 0. The van der Waals surface area contributed by atoms with Gasteiger partial charge in [-0.2, -0.15) is 0 Å². The van der Waals surface area contributed by atoms with Crippen LogP contribution < -0.4 is 0 Å². The fraction of sp³-hybridized carbons (Fsp3) is 0.462. The molecule has 94 valence electrons. The lowest BCUT2D eigenvalue weighted by Gasteiger charge is -2.14. The highest BCUT2D eigenvalue weighted by Crippen LogP contribution is 2.23. The Bertz CT molecular complexity index is 392. The lowest BCUT2D eigenvalue weighted by molar-refractivity contribution is 0.0592. The summed E-state index contributed by atoms with van der Waals surface area (Å²) in [6, 6.07) is 3.06. The molecule has 0 bridgehead atoms. The molecule has 1 unspecified atom stereocenters. The van der Waals surface area contributed by atoms with Crippen molar-refractivity contribution in [1.82, 2.24) is 0 Å². The highest BCUT2D eigenvalue weighted by atomic mass is 19.1. The zero-order valence-electron chi connectivity index (χ0n) is 10.5. The van der Waals surface area contributed by atoms with Crippen molar-refractivity contribution in [3.63, 3.8) is 0 Å². The van der Waals surface area contributed by atoms with Gasteiger partial charge >= 0.3 is 5.97 Å². The molecule has 0 amide bonds. The third kappa shape index (κ3) is 3.03. The highest BCUT2D eigenvalue weighted by molar-refractivity contribution is 5.91. The number of esters is 1. The minimum atomic E-state index is -0.657. The Morgan fingerprint density at radius 3 is 2.59 bits per heavy atom. The van der Waals surface area contributed by atoms with E-state index in [4.69, 9.17) is 4.74 Å². The van der Waals surface area contributed by atoms with E-state index in [2.05, 4.69) is 4.74 Å². The normalized spacial score (nSPS) is 12.3. The molecule has 1 rings (SSSR count). The number of benzene rings is 1. The lowest BCUT2D eigenvalue weighted by atomic mass is 10.0. The minimum absolute atomic E-state index is 0.0139. The molecule has 1 atom stereocenters. The van der Waals surface area contributed by atoms with Gasteiger partial charge in [-0.3, -0.25) is 0 Å². The van der Waals surface area contributed by atoms with Gasteiger partial charge in [0, 0.05) is 6.61 Å². The van der Waals surface area contributed by atoms with Gasteiger partial charge in [0.2, 0.25) is 0 Å². The van der Waals surface area contributed by atoms with E-state index in [1.807, 2.05) is 13.8 Å². The first-order chi connectivity index (χ1) is 8.01. The van der Waals surface area contributed by atoms with E-state index in [0.29, 0.717) is 12.2 Å². The summed E-state index contributed by atoms with van der Waals surface area (Å²) in [6.07, 6.45) is -0.195. The summed E-state index contributed by atoms with van der Waals surface area (Å²) in [6.45, 7) is 5.95. The smallest absolute Gasteiger partial charge is 0.341 e. The number of carbonyl (C=O) groups is 1. The standard InChI is InChI=1S/C13H17FO3/c1-5-17-9(3)10-6-8(2)12(11(14)7-10)13(15)16-4/h6-7,9H,5H2,1-4H3. The topological polar surface area (TPSA) is 35.5 Å². The number of carbonyl (C=O) groups excluding carboxylic acids is 1. The van der Waals surface area contributed by atoms with Crippen molar-refractivity contribution in [2.24, 2.45) is 0 Å². The quantitative estimate of drug-likeness (QED) is 0.759. The molecule has 0 aromatic heterocycles. The molecule has 0 aliphatic rings. The van der Waals surface area contributed by atoms with Gasteiger partial charge < -0.3 is 9.47 Å². The van der Waals surface area contributed by atoms with Crippen LogP contribution in [0.4, 0.5) is 4.39 Å². The lowest BCUT2D eigenvalue weighted by Crippen LogP contribution is -2.09. The summed E-state index contributed by atoms with van der Waals surface area (Å²) in [5, 5.41) is 0. The van der Waals surface area contributed by atoms with E-state index in [0.717, 1.165) is 5.56 Å². The second-order valence-electron chi connectivity index (χ2n) is 3.78. The number of hydrogen-bond acceptors (Lipinski definition) is 3. The Morgan fingerprint density at radius 2 is 2.12 bits per heavy atom. The van der Waals surface area contributed by atoms with E-state index in [-0.39, 0.29) is 11.7 Å². The molecule has 0 N–H and O–H groups in total. The molecule has 17 heavy (non-hydrogen) atoms. The second-order valence-corrected chi connectivity index (χ2v) is 3.78. The predicted octanol–water partition coefficient (Wildman–Crippen LogP) is 3.02. The van der Waals surface area contributed by atoms with Gasteiger partial charge in [0.15, 0.2) is 0 Å². The fourth-order valence-electron chi connectivity index (χ4n) is 1.71. The Morgan fingerprint density at radius 1 is 1.47 bits per heavy atom. The van der Waals surface area contributed by atoms with E-state index in [1.54, 1.807) is 13.0 Å². The molecule has 0 aliphatic heterocycles. The number of ether oxygens (including phenoxy) is 2. The summed E-state index contributed by atoms with van der Waals surface area (Å²) in [5.74, 6) is -1.23. The molecule has 0 heterocycles. The van der Waals surface area contributed by atoms with Crippen LogP contribution in [0.1, 0.15) is 41.4 Å². The molecule has 3 nitrogen and oxygen atoms in total. The average Bonchev–Trinajstić information content (AvgIpc) is 2.28. The van der Waals surface area contributed by atoms with Gasteiger partial charge in [-0.05, 0) is 38.0 Å². The molecule has 0 saturated carbocycles. The number of methoxy groups -OCH3 is 1. The minimum Gasteiger partial charge on any atom is -0.465 e. The van der Waals surface area contributed by atoms with Gasteiger partial charge in [0.1, 0.15) is 5.82 Å². The maximum Gasteiger partial charge on any atom is 0.341 e. The van der Waals surface area contributed by atoms with E-state index < -0.39 is 11.8 Å². The Hall–Kier alpha value is -1.42. The summed E-state index contributed by atoms with van der Waals surface area (Å²) in [5.41, 5.74) is 1.26. The molecule has 0 fully saturated rings. The fourth-order valence-corrected chi connectivity index (χ4v) is 1.71. The van der Waals surface area contributed by atoms with Crippen LogP contribution >= 0.6 is 0 Å². The van der Waals surface area contributed by atoms with Crippen LogP contribution in [0, 0.1) is 12.7 Å². The van der Waals surface area contributed by atoms with Crippen molar-refractivity contribution in [1.29, 1.82) is 0 Å². The van der Waals surface area contributed by atoms with Gasteiger partial charge in [-0.15, -0.1) is 0 Å². The first kappa shape index (κ1) is 13.6. The SMILES string of the molecule is CCOC(C)c1cc(C)c(C(=O)OC)c(F)c1. The summed E-state index contributed by atoms with van der Waals surface area (Å²) in [7, 11) is 1.23. The molecule has 4 heteroatoms. The summed E-state index contributed by atoms with van der Waals surface area (Å²) < 4.78 is 23.7. The van der Waals surface area contributed by atoms with Crippen LogP contribution in [-0.4, -0.2) is 19.7 Å². The average molecular weight is 240 g/mol. The van der Waals surface area contributed by atoms with Crippen LogP contribution in [0.25, 0.3) is 0 Å². The third-order valence-corrected chi connectivity index (χ3v) is 2.59. The number of aryl methyl sites for hydroxylation is 1. The van der Waals surface area contributed by atoms with E-state index >= 15 is 0 Å². The maximum absolute atomic E-state index is 13.8. The first-order valence-corrected chi connectivity index (χ1v) is 5.51. The van der Waals surface area contributed by atoms with E-state index in [9.17, 15) is 9.18 Å². The van der Waals surface area contributed by atoms with Gasteiger partial charge in [-0.1, -0.05) is 6.07 Å². The summed E-state index contributed by atoms with van der Waals surface area (Å²) in [4.78, 5) is 11.4. The Balaban J connectivity index is 3.13. The summed E-state index contributed by atoms with van der Waals surface area (Å²) >= 11 is 0. The van der Waals surface area contributed by atoms with Crippen LogP contribution in [-0.2, 0) is 9.47 Å². The molecule has 0 aliphatic carbocycles. The van der Waals surface area contributed by atoms with Crippen molar-refractivity contribution in [3.05, 3.63) is 34.6 Å². The van der Waals surface area contributed by atoms with Crippen molar-refractivity contribution in [3.8, 4) is 0 Å². The molecular weight excluding hydrogens is 223 g/mol. The van der Waals surface area contributed by atoms with Gasteiger partial charge in [0.05, 0.1) is 18.8 Å². The van der Waals surface area contributed by atoms with Crippen LogP contribution in [0.3, 0.4) is 0 Å². The Kier molecular flexibility index (Phi) is 4.63. The first-order valence-electron chi connectivity index (χ1n) is 5.51. The second kappa shape index (κ2) is 5.77. The molecule has 0 spiro atoms. The van der Waals surface area contributed by atoms with Gasteiger partial charge in [-0.25, -0.2) is 9.18 Å². The third-order valence-electron chi connectivity index (χ3n) is 2.59. The number of rotatable bonds is 4. The maximum atomic E-state index is 13.8. The molecule has 0 radical (unpaired) electrons. The Labute approximate surface area is 101 Å². The van der Waals surface area contributed by atoms with Gasteiger partial charge in [0.25, 0.3) is 0 Å². The predicted molar refractivity (Wildman–Crippen MR) is 62.5 cm³/mol. The highest BCUT2D eigenvalue weighted by Gasteiger charge is 2.18. The molecule has 1 aromatic carbocycles. The van der Waals surface area contributed by atoms with Crippen LogP contribution in [0.5, 0.6) is 0 Å². The largest absolute Gasteiger partial charge is 0.465 e. The van der Waals surface area contributed by atoms with Crippen molar-refractivity contribution in [2.75, 3.05) is 13.7 Å². The monoisotopic (exact) mass is 240 g/mol. The van der Waals surface area contributed by atoms with Crippen LogP contribution in [0.15, 0.2) is 12.1 Å². The zero-order valence-corrected chi connectivity index (χ0v) is 10.5. The van der Waals surface area contributed by atoms with Crippen molar-refractivity contribution in [2.45, 2.75) is 26.9 Å². The molecule has 1 aromatic rings. The van der Waals surface area contributed by atoms with Crippen LogP contribution in [0.2, 0.25) is 0 Å². The zero-order chi connectivity index (χ0) is 13.0. The van der Waals surface area contributed by atoms with E-state index in [1.165, 1.54) is 13.2 Å². The molecule has 0 saturated heterocycles. The number of halogens is 1. The molecular formula is C13H17FO3. The van der Waals surface area contributed by atoms with Crippen molar-refractivity contribution >= 4 is 5.97 Å². The van der Waals surface area contributed by atoms with Crippen molar-refractivity contribution < 1.29 is 18.7 Å².